The van der Waals surface area contributed by atoms with E-state index in [2.05, 4.69) is 10.1 Å². The highest BCUT2D eigenvalue weighted by atomic mass is 35.5. The zero-order valence-corrected chi connectivity index (χ0v) is 14.3. The molecular formula is C17H12Cl2N2O4. The van der Waals surface area contributed by atoms with Gasteiger partial charge in [-0.15, -0.1) is 0 Å². The van der Waals surface area contributed by atoms with Gasteiger partial charge in [-0.05, 0) is 48.5 Å². The van der Waals surface area contributed by atoms with Crippen molar-refractivity contribution in [2.24, 2.45) is 0 Å². The van der Waals surface area contributed by atoms with Gasteiger partial charge >= 0.3 is 5.97 Å². The van der Waals surface area contributed by atoms with Crippen molar-refractivity contribution in [1.29, 1.82) is 0 Å². The van der Waals surface area contributed by atoms with Crippen LogP contribution in [0.1, 0.15) is 5.89 Å². The number of rotatable bonds is 6. The molecule has 0 unspecified atom stereocenters. The fourth-order valence-corrected chi connectivity index (χ4v) is 2.14. The van der Waals surface area contributed by atoms with Crippen LogP contribution >= 0.6 is 23.2 Å². The summed E-state index contributed by atoms with van der Waals surface area (Å²) in [5.74, 6) is 0.537. The second-order valence-corrected chi connectivity index (χ2v) is 5.79. The van der Waals surface area contributed by atoms with Crippen molar-refractivity contribution in [2.75, 3.05) is 6.61 Å². The first kappa shape index (κ1) is 17.3. The summed E-state index contributed by atoms with van der Waals surface area (Å²) in [6.45, 7) is -0.372. The molecule has 0 atom stereocenters. The minimum Gasteiger partial charge on any atom is -0.482 e. The molecule has 128 valence electrons. The Bertz CT molecular complexity index is 848. The second-order valence-electron chi connectivity index (χ2n) is 4.92. The topological polar surface area (TPSA) is 74.5 Å². The number of halogens is 2. The van der Waals surface area contributed by atoms with E-state index in [1.807, 2.05) is 0 Å². The van der Waals surface area contributed by atoms with Gasteiger partial charge in [0.25, 0.3) is 5.89 Å². The molecule has 0 fully saturated rings. The zero-order chi connectivity index (χ0) is 17.6. The maximum atomic E-state index is 11.7. The first-order chi connectivity index (χ1) is 12.1. The lowest BCUT2D eigenvalue weighted by atomic mass is 10.2. The SMILES string of the molecule is O=C(COc1ccc(Cl)cc1)OCc1nc(-c2ccc(Cl)cc2)no1. The zero-order valence-electron chi connectivity index (χ0n) is 12.8. The Kier molecular flexibility index (Phi) is 5.53. The number of hydrogen-bond donors (Lipinski definition) is 0. The van der Waals surface area contributed by atoms with E-state index in [0.29, 0.717) is 21.6 Å². The van der Waals surface area contributed by atoms with Crippen LogP contribution in [0.25, 0.3) is 11.4 Å². The molecule has 8 heteroatoms. The van der Waals surface area contributed by atoms with Crippen molar-refractivity contribution in [2.45, 2.75) is 6.61 Å². The quantitative estimate of drug-likeness (QED) is 0.599. The molecule has 2 aromatic carbocycles. The lowest BCUT2D eigenvalue weighted by Gasteiger charge is -2.05. The van der Waals surface area contributed by atoms with Crippen molar-refractivity contribution >= 4 is 29.2 Å². The van der Waals surface area contributed by atoms with Gasteiger partial charge in [-0.3, -0.25) is 0 Å². The molecule has 0 N–H and O–H groups in total. The largest absolute Gasteiger partial charge is 0.482 e. The predicted molar refractivity (Wildman–Crippen MR) is 91.5 cm³/mol. The number of esters is 1. The number of benzene rings is 2. The number of hydrogen-bond acceptors (Lipinski definition) is 6. The molecule has 6 nitrogen and oxygen atoms in total. The molecule has 3 rings (SSSR count). The molecule has 0 radical (unpaired) electrons. The number of carbonyl (C=O) groups is 1. The first-order valence-electron chi connectivity index (χ1n) is 7.23. The van der Waals surface area contributed by atoms with Gasteiger partial charge in [0, 0.05) is 15.6 Å². The Morgan fingerprint density at radius 1 is 1.00 bits per heavy atom. The van der Waals surface area contributed by atoms with Crippen molar-refractivity contribution in [3.05, 3.63) is 64.5 Å². The van der Waals surface area contributed by atoms with E-state index in [1.54, 1.807) is 48.5 Å². The van der Waals surface area contributed by atoms with E-state index in [4.69, 9.17) is 37.2 Å². The molecular weight excluding hydrogens is 367 g/mol. The van der Waals surface area contributed by atoms with Crippen LogP contribution in [-0.4, -0.2) is 22.7 Å². The van der Waals surface area contributed by atoms with Gasteiger partial charge < -0.3 is 14.0 Å². The highest BCUT2D eigenvalue weighted by Gasteiger charge is 2.11. The highest BCUT2D eigenvalue weighted by molar-refractivity contribution is 6.30. The van der Waals surface area contributed by atoms with Crippen LogP contribution in [0.5, 0.6) is 5.75 Å². The van der Waals surface area contributed by atoms with E-state index in [1.165, 1.54) is 0 Å². The van der Waals surface area contributed by atoms with Gasteiger partial charge in [-0.2, -0.15) is 4.98 Å². The lowest BCUT2D eigenvalue weighted by Crippen LogP contribution is -2.14. The lowest BCUT2D eigenvalue weighted by molar-refractivity contribution is -0.148. The molecule has 3 aromatic rings. The van der Waals surface area contributed by atoms with Crippen LogP contribution in [0.15, 0.2) is 53.1 Å². The fourth-order valence-electron chi connectivity index (χ4n) is 1.89. The van der Waals surface area contributed by atoms with Gasteiger partial charge in [0.2, 0.25) is 5.82 Å². The maximum absolute atomic E-state index is 11.7. The van der Waals surface area contributed by atoms with E-state index in [9.17, 15) is 4.79 Å². The van der Waals surface area contributed by atoms with E-state index >= 15 is 0 Å². The minimum atomic E-state index is -0.554. The third-order valence-electron chi connectivity index (χ3n) is 3.10. The molecule has 0 saturated heterocycles. The van der Waals surface area contributed by atoms with E-state index in [-0.39, 0.29) is 19.1 Å². The first-order valence-corrected chi connectivity index (χ1v) is 7.98. The van der Waals surface area contributed by atoms with E-state index in [0.717, 1.165) is 5.56 Å². The fraction of sp³-hybridized carbons (Fsp3) is 0.118. The predicted octanol–water partition coefficient (Wildman–Crippen LogP) is 4.17. The Morgan fingerprint density at radius 2 is 1.64 bits per heavy atom. The summed E-state index contributed by atoms with van der Waals surface area (Å²) in [7, 11) is 0. The molecule has 0 aliphatic carbocycles. The van der Waals surface area contributed by atoms with Crippen LogP contribution in [0.2, 0.25) is 10.0 Å². The van der Waals surface area contributed by atoms with Crippen molar-refractivity contribution in [1.82, 2.24) is 10.1 Å². The Morgan fingerprint density at radius 3 is 2.32 bits per heavy atom. The van der Waals surface area contributed by atoms with Crippen LogP contribution < -0.4 is 4.74 Å². The minimum absolute atomic E-state index is 0.136. The standard InChI is InChI=1S/C17H12Cl2N2O4/c18-12-3-1-11(2-4-12)17-20-15(25-21-17)9-24-16(22)10-23-14-7-5-13(19)6-8-14/h1-8H,9-10H2. The summed E-state index contributed by atoms with van der Waals surface area (Å²) in [5.41, 5.74) is 0.747. The van der Waals surface area contributed by atoms with Crippen LogP contribution in [0.3, 0.4) is 0 Å². The average Bonchev–Trinajstić information content (AvgIpc) is 3.09. The summed E-state index contributed by atoms with van der Waals surface area (Å²) in [6.07, 6.45) is 0. The van der Waals surface area contributed by atoms with Crippen molar-refractivity contribution < 1.29 is 18.8 Å². The Balaban J connectivity index is 1.49. The highest BCUT2D eigenvalue weighted by Crippen LogP contribution is 2.19. The molecule has 0 spiro atoms. The average molecular weight is 379 g/mol. The van der Waals surface area contributed by atoms with Crippen molar-refractivity contribution in [3.8, 4) is 17.1 Å². The smallest absolute Gasteiger partial charge is 0.344 e. The third-order valence-corrected chi connectivity index (χ3v) is 3.60. The molecule has 0 saturated carbocycles. The summed E-state index contributed by atoms with van der Waals surface area (Å²) in [4.78, 5) is 15.8. The normalized spacial score (nSPS) is 10.5. The summed E-state index contributed by atoms with van der Waals surface area (Å²) in [6, 6.07) is 13.6. The Labute approximate surface area is 153 Å². The third kappa shape index (κ3) is 4.95. The van der Waals surface area contributed by atoms with Gasteiger partial charge in [0.15, 0.2) is 13.2 Å². The molecule has 1 aromatic heterocycles. The number of ether oxygens (including phenoxy) is 2. The molecule has 25 heavy (non-hydrogen) atoms. The van der Waals surface area contributed by atoms with E-state index < -0.39 is 5.97 Å². The summed E-state index contributed by atoms with van der Waals surface area (Å²) >= 11 is 11.6. The van der Waals surface area contributed by atoms with Crippen LogP contribution in [0, 0.1) is 0 Å². The number of nitrogens with zero attached hydrogens (tertiary/aromatic N) is 2. The number of carbonyl (C=O) groups excluding carboxylic acids is 1. The van der Waals surface area contributed by atoms with Gasteiger partial charge in [0.05, 0.1) is 0 Å². The van der Waals surface area contributed by atoms with Crippen LogP contribution in [-0.2, 0) is 16.1 Å². The molecule has 0 amide bonds. The Hall–Kier alpha value is -2.57. The molecule has 1 heterocycles. The van der Waals surface area contributed by atoms with Crippen molar-refractivity contribution in [3.63, 3.8) is 0 Å². The maximum Gasteiger partial charge on any atom is 0.344 e. The van der Waals surface area contributed by atoms with Gasteiger partial charge in [-0.25, -0.2) is 4.79 Å². The number of aromatic nitrogens is 2. The van der Waals surface area contributed by atoms with Gasteiger partial charge in [-0.1, -0.05) is 28.4 Å². The molecule has 0 bridgehead atoms. The summed E-state index contributed by atoms with van der Waals surface area (Å²) < 4.78 is 15.4. The molecule has 0 aliphatic rings. The van der Waals surface area contributed by atoms with Crippen LogP contribution in [0.4, 0.5) is 0 Å². The van der Waals surface area contributed by atoms with Gasteiger partial charge in [0.1, 0.15) is 5.75 Å². The summed E-state index contributed by atoms with van der Waals surface area (Å²) in [5, 5.41) is 5.03. The monoisotopic (exact) mass is 378 g/mol. The second kappa shape index (κ2) is 8.00. The molecule has 0 aliphatic heterocycles.